The maximum absolute atomic E-state index is 5.80. The maximum Gasteiger partial charge on any atom is 0.298 e. The van der Waals surface area contributed by atoms with Crippen LogP contribution in [-0.2, 0) is 6.54 Å². The Morgan fingerprint density at radius 2 is 2.10 bits per heavy atom. The van der Waals surface area contributed by atoms with Crippen LogP contribution in [0.2, 0.25) is 0 Å². The van der Waals surface area contributed by atoms with Gasteiger partial charge in [-0.2, -0.15) is 4.98 Å². The zero-order valence-corrected chi connectivity index (χ0v) is 13.8. The average Bonchev–Trinajstić information content (AvgIpc) is 2.45. The van der Waals surface area contributed by atoms with Gasteiger partial charge in [0.05, 0.1) is 12.1 Å². The van der Waals surface area contributed by atoms with Gasteiger partial charge in [-0.15, -0.1) is 0 Å². The molecule has 0 aliphatic heterocycles. The van der Waals surface area contributed by atoms with E-state index in [1.165, 1.54) is 0 Å². The minimum absolute atomic E-state index is 0.657. The normalized spacial score (nSPS) is 12.1. The van der Waals surface area contributed by atoms with Gasteiger partial charge >= 0.3 is 0 Å². The number of hydrogen-bond donors (Lipinski definition) is 0. The van der Waals surface area contributed by atoms with Crippen molar-refractivity contribution in [1.29, 1.82) is 0 Å². The van der Waals surface area contributed by atoms with Crippen molar-refractivity contribution in [3.05, 3.63) is 28.2 Å². The second kappa shape index (κ2) is 6.88. The van der Waals surface area contributed by atoms with E-state index in [-0.39, 0.29) is 0 Å². The van der Waals surface area contributed by atoms with Crippen LogP contribution in [0.25, 0.3) is 10.9 Å². The smallest absolute Gasteiger partial charge is 0.298 e. The molecule has 0 saturated carbocycles. The van der Waals surface area contributed by atoms with E-state index in [2.05, 4.69) is 50.4 Å². The van der Waals surface area contributed by atoms with Crippen molar-refractivity contribution in [3.63, 3.8) is 0 Å². The van der Waals surface area contributed by atoms with Gasteiger partial charge in [-0.1, -0.05) is 29.8 Å². The number of fused-ring (bicyclic) bond motifs is 1. The van der Waals surface area contributed by atoms with Crippen LogP contribution in [0.15, 0.2) is 27.7 Å². The molecule has 1 aromatic carbocycles. The molecule has 0 N–H and O–H groups in total. The van der Waals surface area contributed by atoms with Crippen molar-refractivity contribution in [2.24, 2.45) is 4.99 Å². The molecule has 1 heterocycles. The molecular formula is C15H20BrN3O. The lowest BCUT2D eigenvalue weighted by Crippen LogP contribution is -2.25. The lowest BCUT2D eigenvalue weighted by Gasteiger charge is -2.15. The summed E-state index contributed by atoms with van der Waals surface area (Å²) in [7, 11) is 1.81. The van der Waals surface area contributed by atoms with E-state index in [0.717, 1.165) is 40.2 Å². The van der Waals surface area contributed by atoms with E-state index >= 15 is 0 Å². The van der Waals surface area contributed by atoms with Gasteiger partial charge in [0.1, 0.15) is 5.49 Å². The summed E-state index contributed by atoms with van der Waals surface area (Å²) in [6.07, 6.45) is 1.97. The summed E-state index contributed by atoms with van der Waals surface area (Å²) in [5.41, 5.74) is 1.83. The van der Waals surface area contributed by atoms with E-state index in [0.29, 0.717) is 12.6 Å². The number of aromatic nitrogens is 2. The largest absolute Gasteiger partial charge is 0.465 e. The molecule has 20 heavy (non-hydrogen) atoms. The highest BCUT2D eigenvalue weighted by atomic mass is 79.9. The maximum atomic E-state index is 5.80. The van der Waals surface area contributed by atoms with Crippen molar-refractivity contribution < 1.29 is 4.74 Å². The van der Waals surface area contributed by atoms with E-state index in [4.69, 9.17) is 4.74 Å². The summed E-state index contributed by atoms with van der Waals surface area (Å²) in [5, 5.41) is 1.04. The highest BCUT2D eigenvalue weighted by Crippen LogP contribution is 2.18. The van der Waals surface area contributed by atoms with E-state index in [9.17, 15) is 0 Å². The second-order valence-electron chi connectivity index (χ2n) is 4.60. The number of hydrogen-bond acceptors (Lipinski definition) is 3. The molecule has 0 bridgehead atoms. The van der Waals surface area contributed by atoms with Gasteiger partial charge in [0.2, 0.25) is 0 Å². The Morgan fingerprint density at radius 3 is 2.75 bits per heavy atom. The molecular weight excluding hydrogens is 318 g/mol. The molecule has 0 atom stereocenters. The monoisotopic (exact) mass is 337 g/mol. The van der Waals surface area contributed by atoms with Gasteiger partial charge in [0.25, 0.3) is 6.01 Å². The fourth-order valence-electron chi connectivity index (χ4n) is 2.15. The van der Waals surface area contributed by atoms with Crippen LogP contribution in [0, 0.1) is 0 Å². The van der Waals surface area contributed by atoms with Crippen molar-refractivity contribution in [3.8, 4) is 6.01 Å². The standard InChI is InChI=1S/C15H20BrN3O/c1-4-8-19-14(17-3)12-10-11(16)6-7-13(12)18-15(19)20-9-5-2/h6-7,10H,4-5,8-9H2,1-3H3. The fraction of sp³-hybridized carbons (Fsp3) is 0.467. The zero-order chi connectivity index (χ0) is 14.5. The second-order valence-corrected chi connectivity index (χ2v) is 5.52. The molecule has 4 nitrogen and oxygen atoms in total. The average molecular weight is 338 g/mol. The molecule has 108 valence electrons. The first-order chi connectivity index (χ1) is 9.71. The van der Waals surface area contributed by atoms with Gasteiger partial charge in [0, 0.05) is 23.5 Å². The fourth-order valence-corrected chi connectivity index (χ4v) is 2.52. The quantitative estimate of drug-likeness (QED) is 0.837. The van der Waals surface area contributed by atoms with Crippen LogP contribution in [0.3, 0.4) is 0 Å². The van der Waals surface area contributed by atoms with Gasteiger partial charge < -0.3 is 4.74 Å². The molecule has 0 spiro atoms. The third-order valence-electron chi connectivity index (χ3n) is 3.00. The van der Waals surface area contributed by atoms with Crippen molar-refractivity contribution in [2.75, 3.05) is 13.7 Å². The van der Waals surface area contributed by atoms with Gasteiger partial charge in [-0.25, -0.2) is 0 Å². The molecule has 0 aliphatic carbocycles. The first-order valence-corrected chi connectivity index (χ1v) is 7.76. The lowest BCUT2D eigenvalue weighted by molar-refractivity contribution is 0.271. The third kappa shape index (κ3) is 3.03. The highest BCUT2D eigenvalue weighted by molar-refractivity contribution is 9.10. The number of benzene rings is 1. The Kier molecular flexibility index (Phi) is 5.17. The van der Waals surface area contributed by atoms with Crippen LogP contribution in [0.4, 0.5) is 0 Å². The van der Waals surface area contributed by atoms with Crippen molar-refractivity contribution in [2.45, 2.75) is 33.2 Å². The van der Waals surface area contributed by atoms with Crippen LogP contribution in [0.5, 0.6) is 6.01 Å². The summed E-state index contributed by atoms with van der Waals surface area (Å²) in [4.78, 5) is 9.09. The third-order valence-corrected chi connectivity index (χ3v) is 3.49. The summed E-state index contributed by atoms with van der Waals surface area (Å²) in [6.45, 7) is 5.75. The summed E-state index contributed by atoms with van der Waals surface area (Å²) in [5.74, 6) is 0. The number of ether oxygens (including phenoxy) is 1. The molecule has 0 aliphatic rings. The molecule has 1 aromatic heterocycles. The molecule has 2 aromatic rings. The number of nitrogens with zero attached hydrogens (tertiary/aromatic N) is 3. The molecule has 0 fully saturated rings. The van der Waals surface area contributed by atoms with Crippen LogP contribution in [-0.4, -0.2) is 23.2 Å². The molecule has 2 rings (SSSR count). The van der Waals surface area contributed by atoms with Crippen molar-refractivity contribution in [1.82, 2.24) is 9.55 Å². The Labute approximate surface area is 127 Å². The van der Waals surface area contributed by atoms with Gasteiger partial charge in [-0.3, -0.25) is 9.56 Å². The van der Waals surface area contributed by atoms with E-state index in [1.807, 2.05) is 19.2 Å². The topological polar surface area (TPSA) is 39.4 Å². The van der Waals surface area contributed by atoms with Crippen LogP contribution >= 0.6 is 15.9 Å². The number of rotatable bonds is 5. The van der Waals surface area contributed by atoms with Crippen molar-refractivity contribution >= 4 is 26.8 Å². The molecule has 5 heteroatoms. The number of halogens is 1. The first-order valence-electron chi connectivity index (χ1n) is 6.97. The van der Waals surface area contributed by atoms with E-state index in [1.54, 1.807) is 0 Å². The predicted molar refractivity (Wildman–Crippen MR) is 85.0 cm³/mol. The first kappa shape index (κ1) is 15.0. The van der Waals surface area contributed by atoms with Gasteiger partial charge in [-0.05, 0) is 31.0 Å². The highest BCUT2D eigenvalue weighted by Gasteiger charge is 2.10. The Balaban J connectivity index is 2.72. The summed E-state index contributed by atoms with van der Waals surface area (Å²) < 4.78 is 8.89. The zero-order valence-electron chi connectivity index (χ0n) is 12.2. The van der Waals surface area contributed by atoms with Gasteiger partial charge in [0.15, 0.2) is 0 Å². The lowest BCUT2D eigenvalue weighted by atomic mass is 10.2. The molecule has 0 unspecified atom stereocenters. The Hall–Kier alpha value is -1.36. The Bertz CT molecular complexity index is 664. The predicted octanol–water partition coefficient (Wildman–Crippen LogP) is 3.53. The molecule has 0 radical (unpaired) electrons. The van der Waals surface area contributed by atoms with Crippen LogP contribution < -0.4 is 10.2 Å². The SMILES string of the molecule is CCCOc1nc2ccc(Br)cc2c(=NC)n1CCC. The van der Waals surface area contributed by atoms with Crippen LogP contribution in [0.1, 0.15) is 26.7 Å². The molecule has 0 saturated heterocycles. The summed E-state index contributed by atoms with van der Waals surface area (Å²) in [6, 6.07) is 6.69. The summed E-state index contributed by atoms with van der Waals surface area (Å²) >= 11 is 3.51. The van der Waals surface area contributed by atoms with E-state index < -0.39 is 0 Å². The molecule has 0 amide bonds. The minimum atomic E-state index is 0.657. The Morgan fingerprint density at radius 1 is 1.30 bits per heavy atom. The minimum Gasteiger partial charge on any atom is -0.465 e.